The second kappa shape index (κ2) is 4.89. The van der Waals surface area contributed by atoms with Crippen molar-refractivity contribution in [1.82, 2.24) is 9.97 Å². The minimum atomic E-state index is 0.416. The van der Waals surface area contributed by atoms with Gasteiger partial charge < -0.3 is 5.32 Å². The van der Waals surface area contributed by atoms with Gasteiger partial charge in [-0.2, -0.15) is 5.26 Å². The van der Waals surface area contributed by atoms with E-state index in [1.54, 1.807) is 24.7 Å². The fourth-order valence-electron chi connectivity index (χ4n) is 1.31. The van der Waals surface area contributed by atoms with Crippen LogP contribution in [0.5, 0.6) is 0 Å². The Labute approximate surface area is 93.6 Å². The molecule has 0 saturated carbocycles. The second-order valence-electron chi connectivity index (χ2n) is 3.25. The lowest BCUT2D eigenvalue weighted by molar-refractivity contribution is 1.12. The molecule has 4 nitrogen and oxygen atoms in total. The van der Waals surface area contributed by atoms with Crippen molar-refractivity contribution >= 4 is 5.69 Å². The van der Waals surface area contributed by atoms with Crippen LogP contribution in [0.3, 0.4) is 0 Å². The number of nitriles is 1. The first-order valence-electron chi connectivity index (χ1n) is 4.87. The lowest BCUT2D eigenvalue weighted by atomic mass is 10.2. The Morgan fingerprint density at radius 2 is 2.00 bits per heavy atom. The molecular weight excluding hydrogens is 200 g/mol. The standard InChI is InChI=1S/C12H10N4/c13-8-12-7-11(3-6-15-12)16-9-10-1-4-14-5-2-10/h1-7H,9H2,(H,15,16). The number of hydrogen-bond acceptors (Lipinski definition) is 4. The average molecular weight is 210 g/mol. The van der Waals surface area contributed by atoms with Crippen LogP contribution in [0.25, 0.3) is 0 Å². The molecule has 2 rings (SSSR count). The normalized spacial score (nSPS) is 9.44. The smallest absolute Gasteiger partial charge is 0.142 e. The average Bonchev–Trinajstić information content (AvgIpc) is 2.38. The number of rotatable bonds is 3. The third-order valence-electron chi connectivity index (χ3n) is 2.12. The fraction of sp³-hybridized carbons (Fsp3) is 0.0833. The molecule has 0 atom stereocenters. The molecule has 4 heteroatoms. The van der Waals surface area contributed by atoms with Crippen LogP contribution in [-0.2, 0) is 6.54 Å². The zero-order chi connectivity index (χ0) is 11.2. The van der Waals surface area contributed by atoms with Crippen LogP contribution in [0.2, 0.25) is 0 Å². The lowest BCUT2D eigenvalue weighted by Crippen LogP contribution is -1.99. The molecule has 2 aromatic heterocycles. The van der Waals surface area contributed by atoms with Crippen molar-refractivity contribution < 1.29 is 0 Å². The highest BCUT2D eigenvalue weighted by atomic mass is 14.9. The number of nitrogens with zero attached hydrogens (tertiary/aromatic N) is 3. The van der Waals surface area contributed by atoms with Gasteiger partial charge in [-0.05, 0) is 29.8 Å². The van der Waals surface area contributed by atoms with Crippen molar-refractivity contribution in [2.24, 2.45) is 0 Å². The molecule has 2 aromatic rings. The Morgan fingerprint density at radius 1 is 1.19 bits per heavy atom. The third kappa shape index (κ3) is 2.55. The van der Waals surface area contributed by atoms with Gasteiger partial charge in [0, 0.05) is 30.8 Å². The molecule has 0 bridgehead atoms. The molecule has 0 fully saturated rings. The molecule has 0 saturated heterocycles. The maximum atomic E-state index is 8.70. The first-order valence-corrected chi connectivity index (χ1v) is 4.87. The second-order valence-corrected chi connectivity index (χ2v) is 3.25. The molecule has 1 N–H and O–H groups in total. The minimum absolute atomic E-state index is 0.416. The summed E-state index contributed by atoms with van der Waals surface area (Å²) in [7, 11) is 0. The molecule has 0 spiro atoms. The van der Waals surface area contributed by atoms with E-state index >= 15 is 0 Å². The molecule has 0 aromatic carbocycles. The zero-order valence-electron chi connectivity index (χ0n) is 8.59. The Morgan fingerprint density at radius 3 is 2.75 bits per heavy atom. The zero-order valence-corrected chi connectivity index (χ0v) is 8.59. The van der Waals surface area contributed by atoms with Crippen molar-refractivity contribution in [3.63, 3.8) is 0 Å². The van der Waals surface area contributed by atoms with Crippen molar-refractivity contribution in [2.75, 3.05) is 5.32 Å². The Hall–Kier alpha value is -2.41. The van der Waals surface area contributed by atoms with Crippen LogP contribution in [0.1, 0.15) is 11.3 Å². The summed E-state index contributed by atoms with van der Waals surface area (Å²) in [6.07, 6.45) is 5.13. The molecular formula is C12H10N4. The summed E-state index contributed by atoms with van der Waals surface area (Å²) in [6.45, 7) is 0.706. The number of hydrogen-bond donors (Lipinski definition) is 1. The van der Waals surface area contributed by atoms with Crippen molar-refractivity contribution in [1.29, 1.82) is 5.26 Å². The third-order valence-corrected chi connectivity index (χ3v) is 2.12. The Bertz CT molecular complexity index is 502. The summed E-state index contributed by atoms with van der Waals surface area (Å²) in [6, 6.07) is 9.45. The van der Waals surface area contributed by atoms with E-state index < -0.39 is 0 Å². The predicted molar refractivity (Wildman–Crippen MR) is 60.5 cm³/mol. The monoisotopic (exact) mass is 210 g/mol. The van der Waals surface area contributed by atoms with Crippen LogP contribution in [0, 0.1) is 11.3 Å². The van der Waals surface area contributed by atoms with Gasteiger partial charge in [0.25, 0.3) is 0 Å². The molecule has 0 amide bonds. The van der Waals surface area contributed by atoms with Crippen LogP contribution in [0.15, 0.2) is 42.9 Å². The number of nitrogens with one attached hydrogen (secondary N) is 1. The van der Waals surface area contributed by atoms with Crippen molar-refractivity contribution in [3.05, 3.63) is 54.1 Å². The van der Waals surface area contributed by atoms with E-state index in [0.717, 1.165) is 11.3 Å². The van der Waals surface area contributed by atoms with Crippen LogP contribution < -0.4 is 5.32 Å². The van der Waals surface area contributed by atoms with E-state index in [-0.39, 0.29) is 0 Å². The van der Waals surface area contributed by atoms with Gasteiger partial charge in [-0.25, -0.2) is 4.98 Å². The highest BCUT2D eigenvalue weighted by molar-refractivity contribution is 5.46. The van der Waals surface area contributed by atoms with E-state index in [9.17, 15) is 0 Å². The topological polar surface area (TPSA) is 61.6 Å². The fourth-order valence-corrected chi connectivity index (χ4v) is 1.31. The highest BCUT2D eigenvalue weighted by Gasteiger charge is 1.96. The number of pyridine rings is 2. The van der Waals surface area contributed by atoms with Gasteiger partial charge in [-0.15, -0.1) is 0 Å². The lowest BCUT2D eigenvalue weighted by Gasteiger charge is -2.05. The highest BCUT2D eigenvalue weighted by Crippen LogP contribution is 2.09. The van der Waals surface area contributed by atoms with E-state index in [1.807, 2.05) is 24.3 Å². The van der Waals surface area contributed by atoms with E-state index in [4.69, 9.17) is 5.26 Å². The van der Waals surface area contributed by atoms with Gasteiger partial charge in [0.2, 0.25) is 0 Å². The molecule has 0 aliphatic heterocycles. The number of aromatic nitrogens is 2. The Balaban J connectivity index is 2.03. The molecule has 78 valence electrons. The first kappa shape index (κ1) is 10.1. The van der Waals surface area contributed by atoms with Crippen molar-refractivity contribution in [2.45, 2.75) is 6.54 Å². The largest absolute Gasteiger partial charge is 0.381 e. The van der Waals surface area contributed by atoms with Gasteiger partial charge >= 0.3 is 0 Å². The summed E-state index contributed by atoms with van der Waals surface area (Å²) in [5, 5.41) is 11.9. The van der Waals surface area contributed by atoms with E-state index in [2.05, 4.69) is 15.3 Å². The molecule has 0 unspecified atom stereocenters. The molecule has 0 aliphatic carbocycles. The number of anilines is 1. The first-order chi connectivity index (χ1) is 7.88. The summed E-state index contributed by atoms with van der Waals surface area (Å²) in [5.74, 6) is 0. The van der Waals surface area contributed by atoms with Gasteiger partial charge in [-0.1, -0.05) is 0 Å². The van der Waals surface area contributed by atoms with Gasteiger partial charge in [0.1, 0.15) is 11.8 Å². The summed E-state index contributed by atoms with van der Waals surface area (Å²) in [5.41, 5.74) is 2.45. The van der Waals surface area contributed by atoms with Crippen LogP contribution >= 0.6 is 0 Å². The molecule has 0 aliphatic rings. The predicted octanol–water partition coefficient (Wildman–Crippen LogP) is 1.96. The molecule has 16 heavy (non-hydrogen) atoms. The quantitative estimate of drug-likeness (QED) is 0.841. The molecule has 0 radical (unpaired) electrons. The van der Waals surface area contributed by atoms with Crippen molar-refractivity contribution in [3.8, 4) is 6.07 Å². The maximum absolute atomic E-state index is 8.70. The minimum Gasteiger partial charge on any atom is -0.381 e. The maximum Gasteiger partial charge on any atom is 0.142 e. The van der Waals surface area contributed by atoms with E-state index in [0.29, 0.717) is 12.2 Å². The molecule has 2 heterocycles. The van der Waals surface area contributed by atoms with Crippen LogP contribution in [0.4, 0.5) is 5.69 Å². The van der Waals surface area contributed by atoms with Crippen LogP contribution in [-0.4, -0.2) is 9.97 Å². The summed E-state index contributed by atoms with van der Waals surface area (Å²) >= 11 is 0. The van der Waals surface area contributed by atoms with Gasteiger partial charge in [-0.3, -0.25) is 4.98 Å². The summed E-state index contributed by atoms with van der Waals surface area (Å²) in [4.78, 5) is 7.85. The Kier molecular flexibility index (Phi) is 3.10. The van der Waals surface area contributed by atoms with Gasteiger partial charge in [0.05, 0.1) is 0 Å². The van der Waals surface area contributed by atoms with Gasteiger partial charge in [0.15, 0.2) is 0 Å². The summed E-state index contributed by atoms with van der Waals surface area (Å²) < 4.78 is 0. The van der Waals surface area contributed by atoms with E-state index in [1.165, 1.54) is 0 Å². The SMILES string of the molecule is N#Cc1cc(NCc2ccncc2)ccn1.